The Bertz CT molecular complexity index is 1120. The Morgan fingerprint density at radius 2 is 1.85 bits per heavy atom. The quantitative estimate of drug-likeness (QED) is 0.662. The maximum atomic E-state index is 12.7. The third-order valence-electron chi connectivity index (χ3n) is 3.95. The van der Waals surface area contributed by atoms with Gasteiger partial charge in [0.15, 0.2) is 0 Å². The number of fused-ring (bicyclic) bond motifs is 1. The molecule has 4 N–H and O–H groups in total. The number of nitrogens with two attached hydrogens (primary N) is 1. The topological polar surface area (TPSA) is 137 Å². The van der Waals surface area contributed by atoms with Crippen molar-refractivity contribution in [2.24, 2.45) is 5.14 Å². The van der Waals surface area contributed by atoms with Gasteiger partial charge in [0.05, 0.1) is 24.9 Å². The summed E-state index contributed by atoms with van der Waals surface area (Å²) in [5.41, 5.74) is 0.596. The minimum absolute atomic E-state index is 0.126. The molecule has 0 amide bonds. The smallest absolute Gasteiger partial charge is 0.244 e. The van der Waals surface area contributed by atoms with Gasteiger partial charge in [-0.2, -0.15) is 4.72 Å². The molecule has 1 heterocycles. The first-order valence-electron chi connectivity index (χ1n) is 7.44. The number of hydrogen-bond donors (Lipinski definition) is 3. The maximum absolute atomic E-state index is 12.7. The van der Waals surface area contributed by atoms with Gasteiger partial charge in [-0.3, -0.25) is 0 Å². The largest absolute Gasteiger partial charge is 0.497 e. The predicted molar refractivity (Wildman–Crippen MR) is 99.1 cm³/mol. The zero-order chi connectivity index (χ0) is 20.0. The summed E-state index contributed by atoms with van der Waals surface area (Å²) in [4.78, 5) is -0.762. The first kappa shape index (κ1) is 19.7. The standard InChI is InChI=1S/C15H16ClN3O6S2/c1-24-8-3-4-12(25-2)9(5-8)15-18-11-6-10(16)13(26(17,20)21)7-14(11)27(22,23)19-15/h3-7,15,18-19H,1-2H3,(H2,17,20,21). The number of hydrogen-bond acceptors (Lipinski definition) is 7. The van der Waals surface area contributed by atoms with Gasteiger partial charge in [-0.1, -0.05) is 11.6 Å². The molecule has 0 radical (unpaired) electrons. The average Bonchev–Trinajstić information content (AvgIpc) is 2.58. The Hall–Kier alpha value is -2.05. The van der Waals surface area contributed by atoms with Gasteiger partial charge in [0, 0.05) is 5.56 Å². The molecule has 0 saturated carbocycles. The van der Waals surface area contributed by atoms with Gasteiger partial charge in [0.2, 0.25) is 20.0 Å². The van der Waals surface area contributed by atoms with Crippen LogP contribution in [0, 0.1) is 0 Å². The van der Waals surface area contributed by atoms with Crippen molar-refractivity contribution in [1.29, 1.82) is 0 Å². The molecule has 1 aliphatic heterocycles. The van der Waals surface area contributed by atoms with Crippen LogP contribution in [0.4, 0.5) is 5.69 Å². The van der Waals surface area contributed by atoms with Crippen LogP contribution in [0.5, 0.6) is 11.5 Å². The summed E-state index contributed by atoms with van der Waals surface area (Å²) in [6.07, 6.45) is -0.899. The molecule has 0 spiro atoms. The van der Waals surface area contributed by atoms with Gasteiger partial charge in [-0.15, -0.1) is 0 Å². The normalized spacial score (nSPS) is 18.3. The summed E-state index contributed by atoms with van der Waals surface area (Å²) in [7, 11) is -5.33. The van der Waals surface area contributed by atoms with Gasteiger partial charge >= 0.3 is 0 Å². The van der Waals surface area contributed by atoms with Crippen molar-refractivity contribution in [3.63, 3.8) is 0 Å². The van der Waals surface area contributed by atoms with Crippen molar-refractivity contribution in [1.82, 2.24) is 4.72 Å². The number of primary sulfonamides is 1. The Morgan fingerprint density at radius 1 is 1.15 bits per heavy atom. The fourth-order valence-corrected chi connectivity index (χ4v) is 5.17. The van der Waals surface area contributed by atoms with Gasteiger partial charge in [0.1, 0.15) is 27.5 Å². The highest BCUT2D eigenvalue weighted by Crippen LogP contribution is 2.39. The molecule has 27 heavy (non-hydrogen) atoms. The molecule has 9 nitrogen and oxygen atoms in total. The van der Waals surface area contributed by atoms with E-state index in [4.69, 9.17) is 26.2 Å². The zero-order valence-corrected chi connectivity index (χ0v) is 16.6. The molecular formula is C15H16ClN3O6S2. The lowest BCUT2D eigenvalue weighted by Gasteiger charge is -2.29. The summed E-state index contributed by atoms with van der Waals surface area (Å²) in [6.45, 7) is 0. The Kier molecular flexibility index (Phi) is 4.99. The zero-order valence-electron chi connectivity index (χ0n) is 14.2. The number of sulfonamides is 2. The molecule has 1 aliphatic rings. The van der Waals surface area contributed by atoms with Crippen molar-refractivity contribution in [3.8, 4) is 11.5 Å². The molecule has 3 rings (SSSR count). The van der Waals surface area contributed by atoms with E-state index in [9.17, 15) is 16.8 Å². The molecule has 0 bridgehead atoms. The van der Waals surface area contributed by atoms with Crippen LogP contribution < -0.4 is 24.7 Å². The van der Waals surface area contributed by atoms with Crippen molar-refractivity contribution in [2.75, 3.05) is 19.5 Å². The van der Waals surface area contributed by atoms with Crippen LogP contribution in [0.15, 0.2) is 40.1 Å². The van der Waals surface area contributed by atoms with Crippen molar-refractivity contribution in [3.05, 3.63) is 40.9 Å². The van der Waals surface area contributed by atoms with E-state index in [2.05, 4.69) is 10.0 Å². The fraction of sp³-hybridized carbons (Fsp3) is 0.200. The van der Waals surface area contributed by atoms with Crippen molar-refractivity contribution >= 4 is 37.3 Å². The van der Waals surface area contributed by atoms with Crippen LogP contribution in [0.25, 0.3) is 0 Å². The van der Waals surface area contributed by atoms with E-state index in [0.29, 0.717) is 17.1 Å². The summed E-state index contributed by atoms with van der Waals surface area (Å²) >= 11 is 5.98. The molecule has 0 aliphatic carbocycles. The van der Waals surface area contributed by atoms with E-state index in [0.717, 1.165) is 6.07 Å². The van der Waals surface area contributed by atoms with Gasteiger partial charge in [-0.05, 0) is 30.3 Å². The number of anilines is 1. The lowest BCUT2D eigenvalue weighted by Crippen LogP contribution is -2.38. The van der Waals surface area contributed by atoms with Crippen LogP contribution >= 0.6 is 11.6 Å². The second-order valence-corrected chi connectivity index (χ2v) is 9.25. The van der Waals surface area contributed by atoms with E-state index in [-0.39, 0.29) is 15.6 Å². The molecule has 146 valence electrons. The molecule has 2 aromatic carbocycles. The lowest BCUT2D eigenvalue weighted by atomic mass is 10.1. The SMILES string of the molecule is COc1ccc(OC)c(C2Nc3cc(Cl)c(S(N)(=O)=O)cc3S(=O)(=O)N2)c1. The van der Waals surface area contributed by atoms with Crippen LogP contribution in [0.2, 0.25) is 5.02 Å². The van der Waals surface area contributed by atoms with Crippen LogP contribution in [0.1, 0.15) is 11.7 Å². The summed E-state index contributed by atoms with van der Waals surface area (Å²) in [5.74, 6) is 0.923. The fourth-order valence-electron chi connectivity index (χ4n) is 2.70. The molecule has 0 fully saturated rings. The van der Waals surface area contributed by atoms with E-state index in [1.54, 1.807) is 18.2 Å². The summed E-state index contributed by atoms with van der Waals surface area (Å²) in [6, 6.07) is 7.04. The van der Waals surface area contributed by atoms with Gasteiger partial charge in [-0.25, -0.2) is 22.0 Å². The lowest BCUT2D eigenvalue weighted by molar-refractivity contribution is 0.395. The maximum Gasteiger partial charge on any atom is 0.244 e. The molecule has 0 aromatic heterocycles. The predicted octanol–water partition coefficient (Wildman–Crippen LogP) is 1.41. The highest BCUT2D eigenvalue weighted by Gasteiger charge is 2.33. The summed E-state index contributed by atoms with van der Waals surface area (Å²) < 4.78 is 61.5. The molecule has 12 heteroatoms. The van der Waals surface area contributed by atoms with E-state index >= 15 is 0 Å². The molecule has 1 atom stereocenters. The van der Waals surface area contributed by atoms with Crippen LogP contribution in [0.3, 0.4) is 0 Å². The first-order chi connectivity index (χ1) is 12.6. The number of benzene rings is 2. The van der Waals surface area contributed by atoms with E-state index < -0.39 is 31.1 Å². The third kappa shape index (κ3) is 3.69. The number of rotatable bonds is 4. The summed E-state index contributed by atoms with van der Waals surface area (Å²) in [5, 5.41) is 7.86. The molecular weight excluding hydrogens is 418 g/mol. The minimum Gasteiger partial charge on any atom is -0.497 e. The monoisotopic (exact) mass is 433 g/mol. The molecule has 2 aromatic rings. The highest BCUT2D eigenvalue weighted by atomic mass is 35.5. The number of methoxy groups -OCH3 is 2. The minimum atomic E-state index is -4.19. The van der Waals surface area contributed by atoms with E-state index in [1.807, 2.05) is 0 Å². The van der Waals surface area contributed by atoms with E-state index in [1.165, 1.54) is 20.3 Å². The Labute approximate surface area is 161 Å². The molecule has 0 saturated heterocycles. The van der Waals surface area contributed by atoms with Crippen molar-refractivity contribution in [2.45, 2.75) is 16.0 Å². The number of nitrogens with one attached hydrogen (secondary N) is 2. The van der Waals surface area contributed by atoms with Gasteiger partial charge in [0.25, 0.3) is 0 Å². The average molecular weight is 434 g/mol. The number of halogens is 1. The second-order valence-electron chi connectivity index (χ2n) is 5.63. The van der Waals surface area contributed by atoms with Crippen LogP contribution in [-0.2, 0) is 20.0 Å². The van der Waals surface area contributed by atoms with Crippen LogP contribution in [-0.4, -0.2) is 31.1 Å². The first-order valence-corrected chi connectivity index (χ1v) is 10.8. The van der Waals surface area contributed by atoms with Gasteiger partial charge < -0.3 is 14.8 Å². The Balaban J connectivity index is 2.15. The molecule has 1 unspecified atom stereocenters. The van der Waals surface area contributed by atoms with Crippen molar-refractivity contribution < 1.29 is 26.3 Å². The number of ether oxygens (including phenoxy) is 2. The second kappa shape index (κ2) is 6.84. The Morgan fingerprint density at radius 3 is 2.44 bits per heavy atom. The third-order valence-corrected chi connectivity index (χ3v) is 6.79. The highest BCUT2D eigenvalue weighted by molar-refractivity contribution is 7.90.